The molecule has 0 aromatic rings. The average molecular weight is 240 g/mol. The van der Waals surface area contributed by atoms with Crippen molar-refractivity contribution < 1.29 is 4.79 Å². The van der Waals surface area contributed by atoms with Crippen LogP contribution in [0.1, 0.15) is 47.0 Å². The fourth-order valence-corrected chi connectivity index (χ4v) is 2.49. The molecule has 0 aromatic carbocycles. The smallest absolute Gasteiger partial charge is 0.239 e. The lowest BCUT2D eigenvalue weighted by Gasteiger charge is -2.36. The van der Waals surface area contributed by atoms with Gasteiger partial charge in [-0.3, -0.25) is 4.79 Å². The topological polar surface area (TPSA) is 46.3 Å². The van der Waals surface area contributed by atoms with Crippen molar-refractivity contribution in [3.05, 3.63) is 0 Å². The average Bonchev–Trinajstić information content (AvgIpc) is 2.36. The van der Waals surface area contributed by atoms with Crippen molar-refractivity contribution in [3.63, 3.8) is 0 Å². The lowest BCUT2D eigenvalue weighted by molar-refractivity contribution is -0.135. The van der Waals surface area contributed by atoms with Crippen LogP contribution in [0.25, 0.3) is 0 Å². The van der Waals surface area contributed by atoms with E-state index in [1.165, 1.54) is 0 Å². The molecule has 0 spiro atoms. The van der Waals surface area contributed by atoms with Gasteiger partial charge in [-0.05, 0) is 30.6 Å². The van der Waals surface area contributed by atoms with Crippen molar-refractivity contribution >= 4 is 5.91 Å². The van der Waals surface area contributed by atoms with Gasteiger partial charge in [0.05, 0.1) is 6.04 Å². The molecule has 1 aliphatic heterocycles. The molecule has 0 saturated carbocycles. The SMILES string of the molecule is CCC(C)C(N)C(=O)N1CCC(C(C)C)CC1. The van der Waals surface area contributed by atoms with E-state index in [1.807, 2.05) is 4.90 Å². The van der Waals surface area contributed by atoms with Crippen LogP contribution in [0.4, 0.5) is 0 Å². The van der Waals surface area contributed by atoms with Crippen LogP contribution in [0.3, 0.4) is 0 Å². The van der Waals surface area contributed by atoms with Gasteiger partial charge in [0.15, 0.2) is 0 Å². The van der Waals surface area contributed by atoms with E-state index in [9.17, 15) is 4.79 Å². The fraction of sp³-hybridized carbons (Fsp3) is 0.929. The third kappa shape index (κ3) is 3.70. The van der Waals surface area contributed by atoms with Gasteiger partial charge in [0.1, 0.15) is 0 Å². The summed E-state index contributed by atoms with van der Waals surface area (Å²) in [5, 5.41) is 0. The Hall–Kier alpha value is -0.570. The minimum Gasteiger partial charge on any atom is -0.341 e. The van der Waals surface area contributed by atoms with Crippen molar-refractivity contribution in [3.8, 4) is 0 Å². The van der Waals surface area contributed by atoms with E-state index in [-0.39, 0.29) is 17.9 Å². The number of hydrogen-bond donors (Lipinski definition) is 1. The number of hydrogen-bond acceptors (Lipinski definition) is 2. The highest BCUT2D eigenvalue weighted by Crippen LogP contribution is 2.25. The molecule has 2 N–H and O–H groups in total. The van der Waals surface area contributed by atoms with Crippen LogP contribution in [-0.4, -0.2) is 29.9 Å². The summed E-state index contributed by atoms with van der Waals surface area (Å²) in [6, 6.07) is -0.310. The molecule has 2 atom stereocenters. The van der Waals surface area contributed by atoms with Crippen LogP contribution in [0.15, 0.2) is 0 Å². The molecule has 0 aliphatic carbocycles. The summed E-state index contributed by atoms with van der Waals surface area (Å²) in [5.74, 6) is 1.95. The third-order valence-electron chi connectivity index (χ3n) is 4.34. The number of nitrogens with zero attached hydrogens (tertiary/aromatic N) is 1. The van der Waals surface area contributed by atoms with Crippen molar-refractivity contribution in [1.82, 2.24) is 4.90 Å². The zero-order valence-electron chi connectivity index (χ0n) is 11.8. The molecule has 3 heteroatoms. The zero-order chi connectivity index (χ0) is 13.0. The Kier molecular flexibility index (Phi) is 5.44. The molecule has 0 bridgehead atoms. The van der Waals surface area contributed by atoms with Gasteiger partial charge >= 0.3 is 0 Å². The molecule has 1 fully saturated rings. The van der Waals surface area contributed by atoms with Crippen LogP contribution in [0.5, 0.6) is 0 Å². The lowest BCUT2D eigenvalue weighted by Crippen LogP contribution is -2.50. The van der Waals surface area contributed by atoms with E-state index in [2.05, 4.69) is 27.7 Å². The predicted octanol–water partition coefficient (Wildman–Crippen LogP) is 2.25. The van der Waals surface area contributed by atoms with E-state index in [4.69, 9.17) is 5.73 Å². The minimum absolute atomic E-state index is 0.154. The van der Waals surface area contributed by atoms with Gasteiger partial charge in [0.25, 0.3) is 0 Å². The molecular formula is C14H28N2O. The molecule has 0 aromatic heterocycles. The summed E-state index contributed by atoms with van der Waals surface area (Å²) >= 11 is 0. The summed E-state index contributed by atoms with van der Waals surface area (Å²) in [7, 11) is 0. The van der Waals surface area contributed by atoms with Crippen LogP contribution in [-0.2, 0) is 4.79 Å². The van der Waals surface area contributed by atoms with E-state index < -0.39 is 0 Å². The van der Waals surface area contributed by atoms with Crippen LogP contribution < -0.4 is 5.73 Å². The second-order valence-corrected chi connectivity index (χ2v) is 5.82. The fourth-order valence-electron chi connectivity index (χ4n) is 2.49. The Balaban J connectivity index is 2.46. The molecule has 1 heterocycles. The largest absolute Gasteiger partial charge is 0.341 e. The molecule has 100 valence electrons. The van der Waals surface area contributed by atoms with Gasteiger partial charge in [-0.1, -0.05) is 34.1 Å². The maximum atomic E-state index is 12.2. The standard InChI is InChI=1S/C14H28N2O/c1-5-11(4)13(15)14(17)16-8-6-12(7-9-16)10(2)3/h10-13H,5-9,15H2,1-4H3. The monoisotopic (exact) mass is 240 g/mol. The van der Waals surface area contributed by atoms with Gasteiger partial charge in [0, 0.05) is 13.1 Å². The predicted molar refractivity (Wildman–Crippen MR) is 71.6 cm³/mol. The molecule has 1 rings (SSSR count). The third-order valence-corrected chi connectivity index (χ3v) is 4.34. The van der Waals surface area contributed by atoms with Gasteiger partial charge in [0.2, 0.25) is 5.91 Å². The van der Waals surface area contributed by atoms with Gasteiger partial charge in [-0.15, -0.1) is 0 Å². The van der Waals surface area contributed by atoms with Gasteiger partial charge < -0.3 is 10.6 Å². The quantitative estimate of drug-likeness (QED) is 0.819. The number of rotatable bonds is 4. The molecule has 2 unspecified atom stereocenters. The van der Waals surface area contributed by atoms with Crippen LogP contribution in [0, 0.1) is 17.8 Å². The molecule has 17 heavy (non-hydrogen) atoms. The van der Waals surface area contributed by atoms with Crippen molar-refractivity contribution in [2.75, 3.05) is 13.1 Å². The Morgan fingerprint density at radius 2 is 1.82 bits per heavy atom. The molecule has 3 nitrogen and oxygen atoms in total. The number of piperidine rings is 1. The first-order chi connectivity index (χ1) is 7.97. The second kappa shape index (κ2) is 6.39. The van der Waals surface area contributed by atoms with Crippen LogP contribution >= 0.6 is 0 Å². The van der Waals surface area contributed by atoms with Crippen LogP contribution in [0.2, 0.25) is 0 Å². The maximum absolute atomic E-state index is 12.2. The molecule has 0 radical (unpaired) electrons. The second-order valence-electron chi connectivity index (χ2n) is 5.82. The maximum Gasteiger partial charge on any atom is 0.239 e. The first-order valence-corrected chi connectivity index (χ1v) is 7.01. The summed E-state index contributed by atoms with van der Waals surface area (Å²) in [4.78, 5) is 14.1. The summed E-state index contributed by atoms with van der Waals surface area (Å²) in [6.45, 7) is 10.5. The highest BCUT2D eigenvalue weighted by molar-refractivity contribution is 5.82. The molecule has 1 amide bonds. The number of amides is 1. The molecular weight excluding hydrogens is 212 g/mol. The summed E-state index contributed by atoms with van der Waals surface area (Å²) in [5.41, 5.74) is 6.01. The highest BCUT2D eigenvalue weighted by atomic mass is 16.2. The van der Waals surface area contributed by atoms with E-state index in [0.717, 1.165) is 44.2 Å². The van der Waals surface area contributed by atoms with E-state index in [1.54, 1.807) is 0 Å². The van der Waals surface area contributed by atoms with Crippen molar-refractivity contribution in [2.24, 2.45) is 23.5 Å². The highest BCUT2D eigenvalue weighted by Gasteiger charge is 2.29. The number of carbonyl (C=O) groups excluding carboxylic acids is 1. The Labute approximate surface area is 106 Å². The zero-order valence-corrected chi connectivity index (χ0v) is 11.8. The van der Waals surface area contributed by atoms with Crippen molar-refractivity contribution in [2.45, 2.75) is 53.0 Å². The Morgan fingerprint density at radius 1 is 1.29 bits per heavy atom. The molecule has 1 aliphatic rings. The Morgan fingerprint density at radius 3 is 2.24 bits per heavy atom. The normalized spacial score (nSPS) is 21.6. The number of nitrogens with two attached hydrogens (primary N) is 1. The van der Waals surface area contributed by atoms with E-state index in [0.29, 0.717) is 0 Å². The lowest BCUT2D eigenvalue weighted by atomic mass is 9.86. The molecule has 1 saturated heterocycles. The number of carbonyl (C=O) groups is 1. The minimum atomic E-state index is -0.310. The first-order valence-electron chi connectivity index (χ1n) is 7.01. The van der Waals surface area contributed by atoms with Crippen molar-refractivity contribution in [1.29, 1.82) is 0 Å². The Bertz CT molecular complexity index is 245. The first kappa shape index (κ1) is 14.5. The summed E-state index contributed by atoms with van der Waals surface area (Å²) in [6.07, 6.45) is 3.24. The number of likely N-dealkylation sites (tertiary alicyclic amines) is 1. The van der Waals surface area contributed by atoms with Gasteiger partial charge in [-0.25, -0.2) is 0 Å². The van der Waals surface area contributed by atoms with E-state index >= 15 is 0 Å². The van der Waals surface area contributed by atoms with Gasteiger partial charge in [-0.2, -0.15) is 0 Å². The summed E-state index contributed by atoms with van der Waals surface area (Å²) < 4.78 is 0.